The van der Waals surface area contributed by atoms with Crippen LogP contribution in [-0.4, -0.2) is 56.0 Å². The molecule has 4 nitrogen and oxygen atoms in total. The molecule has 3 rings (SSSR count). The Morgan fingerprint density at radius 1 is 1.04 bits per heavy atom. The maximum Gasteiger partial charge on any atom is 0.253 e. The van der Waals surface area contributed by atoms with Gasteiger partial charge in [-0.3, -0.25) is 4.79 Å². The molecular weight excluding hydrogens is 324 g/mol. The van der Waals surface area contributed by atoms with Gasteiger partial charge in [-0.1, -0.05) is 30.3 Å². The van der Waals surface area contributed by atoms with E-state index in [1.807, 2.05) is 61.5 Å². The van der Waals surface area contributed by atoms with Gasteiger partial charge in [-0.25, -0.2) is 0 Å². The summed E-state index contributed by atoms with van der Waals surface area (Å²) in [4.78, 5) is 16.9. The smallest absolute Gasteiger partial charge is 0.253 e. The van der Waals surface area contributed by atoms with Crippen molar-refractivity contribution in [3.8, 4) is 16.9 Å². The normalized spacial score (nSPS) is 14.5. The first-order valence-corrected chi connectivity index (χ1v) is 9.41. The highest BCUT2D eigenvalue weighted by Crippen LogP contribution is 2.30. The topological polar surface area (TPSA) is 32.8 Å². The molecule has 1 aliphatic rings. The molecule has 0 spiro atoms. The minimum absolute atomic E-state index is 0.137. The van der Waals surface area contributed by atoms with E-state index in [4.69, 9.17) is 4.74 Å². The van der Waals surface area contributed by atoms with Crippen molar-refractivity contribution in [1.29, 1.82) is 0 Å². The maximum absolute atomic E-state index is 12.8. The number of hydrogen-bond acceptors (Lipinski definition) is 3. The van der Waals surface area contributed by atoms with Crippen molar-refractivity contribution in [2.45, 2.75) is 19.3 Å². The Kier molecular flexibility index (Phi) is 6.29. The number of likely N-dealkylation sites (tertiary alicyclic amines) is 1. The van der Waals surface area contributed by atoms with Gasteiger partial charge in [-0.15, -0.1) is 0 Å². The largest absolute Gasteiger partial charge is 0.492 e. The molecule has 0 unspecified atom stereocenters. The fraction of sp³-hybridized carbons (Fsp3) is 0.409. The number of hydrogen-bond donors (Lipinski definition) is 0. The standard InChI is InChI=1S/C22H28N2O2/c1-23(2)15-16-26-21-12-5-4-11-20(21)18-9-8-10-19(17-18)22(25)24-13-6-3-7-14-24/h4-5,8-12,17H,3,6-7,13-16H2,1-2H3. The number of nitrogens with zero attached hydrogens (tertiary/aromatic N) is 2. The third kappa shape index (κ3) is 4.64. The first-order chi connectivity index (χ1) is 12.6. The van der Waals surface area contributed by atoms with Crippen LogP contribution < -0.4 is 4.74 Å². The molecule has 1 heterocycles. The van der Waals surface area contributed by atoms with Gasteiger partial charge in [-0.05, 0) is 57.1 Å². The lowest BCUT2D eigenvalue weighted by atomic mass is 10.0. The molecule has 1 saturated heterocycles. The molecule has 0 saturated carbocycles. The number of benzene rings is 2. The van der Waals surface area contributed by atoms with Gasteiger partial charge in [0.05, 0.1) is 0 Å². The van der Waals surface area contributed by atoms with E-state index in [9.17, 15) is 4.79 Å². The Hall–Kier alpha value is -2.33. The fourth-order valence-corrected chi connectivity index (χ4v) is 3.27. The van der Waals surface area contributed by atoms with Gasteiger partial charge in [0.1, 0.15) is 12.4 Å². The number of para-hydroxylation sites is 1. The monoisotopic (exact) mass is 352 g/mol. The van der Waals surface area contributed by atoms with Gasteiger partial charge < -0.3 is 14.5 Å². The number of amides is 1. The predicted octanol–water partition coefficient (Wildman–Crippen LogP) is 3.92. The second-order valence-electron chi connectivity index (χ2n) is 7.08. The Morgan fingerprint density at radius 3 is 2.58 bits per heavy atom. The summed E-state index contributed by atoms with van der Waals surface area (Å²) in [5, 5.41) is 0. The molecule has 1 amide bonds. The van der Waals surface area contributed by atoms with Crippen LogP contribution in [0, 0.1) is 0 Å². The Morgan fingerprint density at radius 2 is 1.81 bits per heavy atom. The number of rotatable bonds is 6. The van der Waals surface area contributed by atoms with Crippen LogP contribution in [0.4, 0.5) is 0 Å². The molecule has 26 heavy (non-hydrogen) atoms. The van der Waals surface area contributed by atoms with Crippen LogP contribution in [0.3, 0.4) is 0 Å². The predicted molar refractivity (Wildman–Crippen MR) is 106 cm³/mol. The van der Waals surface area contributed by atoms with Gasteiger partial charge in [0.15, 0.2) is 0 Å². The Labute approximate surface area is 156 Å². The van der Waals surface area contributed by atoms with E-state index < -0.39 is 0 Å². The molecule has 1 fully saturated rings. The van der Waals surface area contributed by atoms with Crippen LogP contribution in [-0.2, 0) is 0 Å². The Bertz CT molecular complexity index is 736. The van der Waals surface area contributed by atoms with Crippen LogP contribution in [0.2, 0.25) is 0 Å². The highest BCUT2D eigenvalue weighted by Gasteiger charge is 2.18. The van der Waals surface area contributed by atoms with Gasteiger partial charge in [0.25, 0.3) is 5.91 Å². The van der Waals surface area contributed by atoms with E-state index >= 15 is 0 Å². The number of carbonyl (C=O) groups excluding carboxylic acids is 1. The van der Waals surface area contributed by atoms with E-state index in [2.05, 4.69) is 11.0 Å². The number of carbonyl (C=O) groups is 1. The van der Waals surface area contributed by atoms with Gasteiger partial charge in [0.2, 0.25) is 0 Å². The van der Waals surface area contributed by atoms with Crippen molar-refractivity contribution in [2.75, 3.05) is 40.3 Å². The van der Waals surface area contributed by atoms with Crippen LogP contribution in [0.5, 0.6) is 5.75 Å². The number of likely N-dealkylation sites (N-methyl/N-ethyl adjacent to an activating group) is 1. The SMILES string of the molecule is CN(C)CCOc1ccccc1-c1cccc(C(=O)N2CCCCC2)c1. The minimum atomic E-state index is 0.137. The lowest BCUT2D eigenvalue weighted by molar-refractivity contribution is 0.0724. The van der Waals surface area contributed by atoms with Crippen molar-refractivity contribution in [3.05, 3.63) is 54.1 Å². The van der Waals surface area contributed by atoms with Gasteiger partial charge >= 0.3 is 0 Å². The van der Waals surface area contributed by atoms with Crippen LogP contribution in [0.25, 0.3) is 11.1 Å². The fourth-order valence-electron chi connectivity index (χ4n) is 3.27. The molecule has 0 N–H and O–H groups in total. The summed E-state index contributed by atoms with van der Waals surface area (Å²) in [6.45, 7) is 3.23. The first-order valence-electron chi connectivity index (χ1n) is 9.41. The summed E-state index contributed by atoms with van der Waals surface area (Å²) in [6.07, 6.45) is 3.43. The molecule has 0 radical (unpaired) electrons. The minimum Gasteiger partial charge on any atom is -0.492 e. The summed E-state index contributed by atoms with van der Waals surface area (Å²) < 4.78 is 5.98. The van der Waals surface area contributed by atoms with Crippen LogP contribution in [0.15, 0.2) is 48.5 Å². The van der Waals surface area contributed by atoms with E-state index in [1.54, 1.807) is 0 Å². The van der Waals surface area contributed by atoms with Crippen molar-refractivity contribution in [3.63, 3.8) is 0 Å². The summed E-state index contributed by atoms with van der Waals surface area (Å²) in [6, 6.07) is 15.9. The third-order valence-corrected chi connectivity index (χ3v) is 4.75. The summed E-state index contributed by atoms with van der Waals surface area (Å²) >= 11 is 0. The molecule has 1 aliphatic heterocycles. The van der Waals surface area contributed by atoms with Crippen molar-refractivity contribution < 1.29 is 9.53 Å². The quantitative estimate of drug-likeness (QED) is 0.790. The zero-order valence-electron chi connectivity index (χ0n) is 15.8. The molecule has 0 bridgehead atoms. The maximum atomic E-state index is 12.8. The molecule has 0 aromatic heterocycles. The highest BCUT2D eigenvalue weighted by molar-refractivity contribution is 5.95. The summed E-state index contributed by atoms with van der Waals surface area (Å²) in [5.41, 5.74) is 2.81. The first kappa shape index (κ1) is 18.5. The van der Waals surface area contributed by atoms with E-state index in [-0.39, 0.29) is 5.91 Å². The van der Waals surface area contributed by atoms with Crippen molar-refractivity contribution in [2.24, 2.45) is 0 Å². The molecule has 2 aromatic rings. The van der Waals surface area contributed by atoms with Gasteiger partial charge in [-0.2, -0.15) is 0 Å². The molecule has 0 atom stereocenters. The third-order valence-electron chi connectivity index (χ3n) is 4.75. The summed E-state index contributed by atoms with van der Waals surface area (Å²) in [5.74, 6) is 0.995. The van der Waals surface area contributed by atoms with E-state index in [0.29, 0.717) is 6.61 Å². The Balaban J connectivity index is 1.80. The van der Waals surface area contributed by atoms with E-state index in [0.717, 1.165) is 54.9 Å². The second-order valence-corrected chi connectivity index (χ2v) is 7.08. The van der Waals surface area contributed by atoms with Crippen LogP contribution in [0.1, 0.15) is 29.6 Å². The lowest BCUT2D eigenvalue weighted by Crippen LogP contribution is -2.35. The second kappa shape index (κ2) is 8.86. The number of ether oxygens (including phenoxy) is 1. The molecule has 2 aromatic carbocycles. The average Bonchev–Trinajstić information content (AvgIpc) is 2.68. The molecule has 138 valence electrons. The average molecular weight is 352 g/mol. The van der Waals surface area contributed by atoms with Crippen molar-refractivity contribution in [1.82, 2.24) is 9.80 Å². The molecule has 4 heteroatoms. The highest BCUT2D eigenvalue weighted by atomic mass is 16.5. The zero-order valence-corrected chi connectivity index (χ0v) is 15.8. The van der Waals surface area contributed by atoms with Crippen molar-refractivity contribution >= 4 is 5.91 Å². The summed E-state index contributed by atoms with van der Waals surface area (Å²) in [7, 11) is 4.07. The van der Waals surface area contributed by atoms with E-state index in [1.165, 1.54) is 6.42 Å². The van der Waals surface area contributed by atoms with Crippen LogP contribution >= 0.6 is 0 Å². The number of piperidine rings is 1. The molecule has 0 aliphatic carbocycles. The van der Waals surface area contributed by atoms with Gasteiger partial charge in [0, 0.05) is 30.8 Å². The lowest BCUT2D eigenvalue weighted by Gasteiger charge is -2.27. The zero-order chi connectivity index (χ0) is 18.4. The molecular formula is C22H28N2O2.